The van der Waals surface area contributed by atoms with Crippen molar-refractivity contribution in [3.63, 3.8) is 0 Å². The molecule has 0 aromatic carbocycles. The Morgan fingerprint density at radius 2 is 2.00 bits per heavy atom. The number of piperazine rings is 1. The van der Waals surface area contributed by atoms with Gasteiger partial charge in [-0.15, -0.1) is 5.10 Å². The molecule has 0 spiro atoms. The zero-order valence-corrected chi connectivity index (χ0v) is 11.5. The third-order valence-electron chi connectivity index (χ3n) is 3.38. The summed E-state index contributed by atoms with van der Waals surface area (Å²) >= 11 is 0. The van der Waals surface area contributed by atoms with E-state index in [0.717, 1.165) is 18.8 Å². The van der Waals surface area contributed by atoms with Gasteiger partial charge in [-0.1, -0.05) is 5.21 Å². The van der Waals surface area contributed by atoms with Crippen molar-refractivity contribution in [1.29, 1.82) is 0 Å². The fraction of sp³-hybridized carbons (Fsp3) is 0.833. The average molecular weight is 252 g/mol. The molecule has 6 nitrogen and oxygen atoms in total. The lowest BCUT2D eigenvalue weighted by atomic mass is 10.3. The van der Waals surface area contributed by atoms with Crippen LogP contribution in [-0.4, -0.2) is 71.1 Å². The van der Waals surface area contributed by atoms with Crippen LogP contribution in [0.5, 0.6) is 0 Å². The molecule has 18 heavy (non-hydrogen) atoms. The number of likely N-dealkylation sites (N-methyl/N-ethyl adjacent to an activating group) is 1. The minimum atomic E-state index is 0.816. The molecule has 0 atom stereocenters. The summed E-state index contributed by atoms with van der Waals surface area (Å²) < 4.78 is 1.74. The first-order chi connectivity index (χ1) is 8.74. The fourth-order valence-corrected chi connectivity index (χ4v) is 2.19. The van der Waals surface area contributed by atoms with E-state index in [-0.39, 0.29) is 0 Å². The summed E-state index contributed by atoms with van der Waals surface area (Å²) in [6.07, 6.45) is 3.15. The van der Waals surface area contributed by atoms with E-state index in [2.05, 4.69) is 32.5 Å². The molecule has 0 unspecified atom stereocenters. The maximum atomic E-state index is 4.05. The number of rotatable bonds is 6. The van der Waals surface area contributed by atoms with Crippen molar-refractivity contribution >= 4 is 0 Å². The van der Waals surface area contributed by atoms with Crippen molar-refractivity contribution < 1.29 is 0 Å². The van der Waals surface area contributed by atoms with E-state index in [1.54, 1.807) is 4.68 Å². The Kier molecular flexibility index (Phi) is 5.10. The van der Waals surface area contributed by atoms with Crippen LogP contribution in [-0.2, 0) is 13.6 Å². The monoisotopic (exact) mass is 252 g/mol. The Morgan fingerprint density at radius 1 is 1.22 bits per heavy atom. The maximum absolute atomic E-state index is 4.05. The van der Waals surface area contributed by atoms with Gasteiger partial charge in [-0.25, -0.2) is 0 Å². The summed E-state index contributed by atoms with van der Waals surface area (Å²) in [5, 5.41) is 11.4. The number of hydrogen-bond donors (Lipinski definition) is 1. The van der Waals surface area contributed by atoms with Gasteiger partial charge in [0.1, 0.15) is 0 Å². The SMILES string of the molecule is CN1CCN(CCCNCc2cn(C)nn2)CC1. The molecule has 2 rings (SSSR count). The van der Waals surface area contributed by atoms with Crippen LogP contribution in [0.1, 0.15) is 12.1 Å². The molecule has 102 valence electrons. The summed E-state index contributed by atoms with van der Waals surface area (Å²) in [5.41, 5.74) is 1.01. The van der Waals surface area contributed by atoms with E-state index >= 15 is 0 Å². The lowest BCUT2D eigenvalue weighted by molar-refractivity contribution is 0.152. The van der Waals surface area contributed by atoms with Gasteiger partial charge >= 0.3 is 0 Å². The first kappa shape index (κ1) is 13.5. The lowest BCUT2D eigenvalue weighted by Gasteiger charge is -2.32. The zero-order valence-electron chi connectivity index (χ0n) is 11.5. The van der Waals surface area contributed by atoms with Crippen molar-refractivity contribution in [3.05, 3.63) is 11.9 Å². The molecule has 0 bridgehead atoms. The molecule has 1 aromatic rings. The van der Waals surface area contributed by atoms with Crippen molar-refractivity contribution in [3.8, 4) is 0 Å². The van der Waals surface area contributed by atoms with Gasteiger partial charge in [-0.05, 0) is 26.6 Å². The van der Waals surface area contributed by atoms with Crippen molar-refractivity contribution in [2.75, 3.05) is 46.3 Å². The Hall–Kier alpha value is -0.980. The normalized spacial score (nSPS) is 18.3. The third kappa shape index (κ3) is 4.36. The quantitative estimate of drug-likeness (QED) is 0.695. The first-order valence-corrected chi connectivity index (χ1v) is 6.71. The van der Waals surface area contributed by atoms with E-state index in [9.17, 15) is 0 Å². The molecule has 1 aliphatic rings. The third-order valence-corrected chi connectivity index (χ3v) is 3.38. The number of nitrogens with one attached hydrogen (secondary N) is 1. The number of nitrogens with zero attached hydrogens (tertiary/aromatic N) is 5. The highest BCUT2D eigenvalue weighted by Gasteiger charge is 2.12. The second-order valence-electron chi connectivity index (χ2n) is 5.06. The predicted octanol–water partition coefficient (Wildman–Crippen LogP) is -0.458. The Bertz CT molecular complexity index is 342. The van der Waals surface area contributed by atoms with E-state index in [4.69, 9.17) is 0 Å². The summed E-state index contributed by atoms with van der Waals surface area (Å²) in [6, 6.07) is 0. The van der Waals surface area contributed by atoms with Crippen LogP contribution in [0.2, 0.25) is 0 Å². The summed E-state index contributed by atoms with van der Waals surface area (Å²) in [6.45, 7) is 7.88. The van der Waals surface area contributed by atoms with Crippen LogP contribution in [0, 0.1) is 0 Å². The molecule has 1 aromatic heterocycles. The molecule has 6 heteroatoms. The van der Waals surface area contributed by atoms with Crippen LogP contribution in [0.25, 0.3) is 0 Å². The summed E-state index contributed by atoms with van der Waals surface area (Å²) in [5.74, 6) is 0. The second kappa shape index (κ2) is 6.82. The van der Waals surface area contributed by atoms with Gasteiger partial charge in [0.25, 0.3) is 0 Å². The molecule has 0 amide bonds. The summed E-state index contributed by atoms with van der Waals surface area (Å²) in [4.78, 5) is 4.94. The Labute approximate surface area is 109 Å². The van der Waals surface area contributed by atoms with Crippen LogP contribution in [0.15, 0.2) is 6.20 Å². The van der Waals surface area contributed by atoms with Gasteiger partial charge in [-0.2, -0.15) is 0 Å². The smallest absolute Gasteiger partial charge is 0.0964 e. The van der Waals surface area contributed by atoms with Crippen LogP contribution < -0.4 is 5.32 Å². The zero-order chi connectivity index (χ0) is 12.8. The molecule has 0 saturated carbocycles. The predicted molar refractivity (Wildman–Crippen MR) is 71.3 cm³/mol. The molecule has 1 N–H and O–H groups in total. The van der Waals surface area contributed by atoms with E-state index in [1.165, 1.54) is 39.1 Å². The van der Waals surface area contributed by atoms with Crippen LogP contribution >= 0.6 is 0 Å². The average Bonchev–Trinajstić information content (AvgIpc) is 2.77. The van der Waals surface area contributed by atoms with E-state index in [1.807, 2.05) is 13.2 Å². The minimum absolute atomic E-state index is 0.816. The fourth-order valence-electron chi connectivity index (χ4n) is 2.19. The Balaban J connectivity index is 1.51. The van der Waals surface area contributed by atoms with Gasteiger partial charge in [0, 0.05) is 46.0 Å². The van der Waals surface area contributed by atoms with Gasteiger partial charge < -0.3 is 15.1 Å². The van der Waals surface area contributed by atoms with Gasteiger partial charge in [0.15, 0.2) is 0 Å². The molecule has 1 aliphatic heterocycles. The van der Waals surface area contributed by atoms with Gasteiger partial charge in [0.05, 0.1) is 5.69 Å². The molecular weight excluding hydrogens is 228 g/mol. The van der Waals surface area contributed by atoms with Crippen LogP contribution in [0.4, 0.5) is 0 Å². The standard InChI is InChI=1S/C12H24N6/c1-16-6-8-18(9-7-16)5-3-4-13-10-12-11-17(2)15-14-12/h11,13H,3-10H2,1-2H3. The van der Waals surface area contributed by atoms with Crippen LogP contribution in [0.3, 0.4) is 0 Å². The Morgan fingerprint density at radius 3 is 2.67 bits per heavy atom. The molecular formula is C12H24N6. The number of aryl methyl sites for hydroxylation is 1. The van der Waals surface area contributed by atoms with E-state index < -0.39 is 0 Å². The lowest BCUT2D eigenvalue weighted by Crippen LogP contribution is -2.45. The number of aromatic nitrogens is 3. The summed E-state index contributed by atoms with van der Waals surface area (Å²) in [7, 11) is 4.09. The minimum Gasteiger partial charge on any atom is -0.311 e. The molecule has 2 heterocycles. The highest BCUT2D eigenvalue weighted by molar-refractivity contribution is 4.90. The molecule has 1 fully saturated rings. The molecule has 0 aliphatic carbocycles. The topological polar surface area (TPSA) is 49.2 Å². The number of hydrogen-bond acceptors (Lipinski definition) is 5. The van der Waals surface area contributed by atoms with Gasteiger partial charge in [-0.3, -0.25) is 4.68 Å². The molecule has 0 radical (unpaired) electrons. The van der Waals surface area contributed by atoms with E-state index in [0.29, 0.717) is 0 Å². The highest BCUT2D eigenvalue weighted by Crippen LogP contribution is 1.99. The van der Waals surface area contributed by atoms with Crippen molar-refractivity contribution in [1.82, 2.24) is 30.1 Å². The largest absolute Gasteiger partial charge is 0.311 e. The molecule has 1 saturated heterocycles. The second-order valence-corrected chi connectivity index (χ2v) is 5.06. The van der Waals surface area contributed by atoms with Crippen molar-refractivity contribution in [2.24, 2.45) is 7.05 Å². The maximum Gasteiger partial charge on any atom is 0.0964 e. The highest BCUT2D eigenvalue weighted by atomic mass is 15.4. The van der Waals surface area contributed by atoms with Crippen molar-refractivity contribution in [2.45, 2.75) is 13.0 Å². The first-order valence-electron chi connectivity index (χ1n) is 6.71. The van der Waals surface area contributed by atoms with Gasteiger partial charge in [0.2, 0.25) is 0 Å².